The highest BCUT2D eigenvalue weighted by Gasteiger charge is 2.41. The summed E-state index contributed by atoms with van der Waals surface area (Å²) in [5.74, 6) is 1.39. The molecule has 8 heteroatoms. The van der Waals surface area contributed by atoms with Crippen LogP contribution < -0.4 is 5.32 Å². The molecule has 1 fully saturated rings. The Morgan fingerprint density at radius 2 is 1.75 bits per heavy atom. The minimum absolute atomic E-state index is 0.179. The first-order valence-electron chi connectivity index (χ1n) is 10.0. The number of benzene rings is 1. The molecule has 1 aliphatic heterocycles. The van der Waals surface area contributed by atoms with Crippen molar-refractivity contribution in [2.75, 3.05) is 0 Å². The maximum absolute atomic E-state index is 6.43. The molecule has 160 valence electrons. The average molecular weight is 481 g/mol. The van der Waals surface area contributed by atoms with E-state index in [4.69, 9.17) is 39.8 Å². The third-order valence-electron chi connectivity index (χ3n) is 5.39. The molecule has 1 aliphatic rings. The van der Waals surface area contributed by atoms with Crippen LogP contribution in [0, 0.1) is 0 Å². The van der Waals surface area contributed by atoms with Gasteiger partial charge in [0.25, 0.3) is 0 Å². The van der Waals surface area contributed by atoms with E-state index in [0.29, 0.717) is 27.5 Å². The second-order valence-corrected chi connectivity index (χ2v) is 8.55. The molecule has 4 aromatic rings. The van der Waals surface area contributed by atoms with Crippen LogP contribution in [-0.2, 0) is 6.54 Å². The van der Waals surface area contributed by atoms with E-state index < -0.39 is 0 Å². The highest BCUT2D eigenvalue weighted by atomic mass is 35.5. The van der Waals surface area contributed by atoms with Crippen LogP contribution >= 0.6 is 35.4 Å². The summed E-state index contributed by atoms with van der Waals surface area (Å²) in [7, 11) is 0. The van der Waals surface area contributed by atoms with Gasteiger partial charge >= 0.3 is 0 Å². The average Bonchev–Trinajstić information content (AvgIpc) is 3.42. The molecule has 5 rings (SSSR count). The fourth-order valence-electron chi connectivity index (χ4n) is 3.90. The highest BCUT2D eigenvalue weighted by molar-refractivity contribution is 7.80. The first kappa shape index (κ1) is 20.9. The molecule has 4 heterocycles. The van der Waals surface area contributed by atoms with Crippen LogP contribution in [0.5, 0.6) is 0 Å². The van der Waals surface area contributed by atoms with Crippen LogP contribution in [0.15, 0.2) is 83.5 Å². The van der Waals surface area contributed by atoms with Gasteiger partial charge in [0.15, 0.2) is 5.11 Å². The van der Waals surface area contributed by atoms with Crippen molar-refractivity contribution in [2.45, 2.75) is 18.6 Å². The molecule has 5 nitrogen and oxygen atoms in total. The quantitative estimate of drug-likeness (QED) is 0.342. The van der Waals surface area contributed by atoms with Gasteiger partial charge in [0, 0.05) is 18.0 Å². The molecule has 1 aromatic carbocycles. The molecule has 0 saturated carbocycles. The number of nitrogens with one attached hydrogen (secondary N) is 1. The summed E-state index contributed by atoms with van der Waals surface area (Å²) in [6.07, 6.45) is 3.55. The van der Waals surface area contributed by atoms with E-state index >= 15 is 0 Å². The molecule has 0 radical (unpaired) electrons. The summed E-state index contributed by atoms with van der Waals surface area (Å²) in [5.41, 5.74) is 2.53. The maximum Gasteiger partial charge on any atom is 0.170 e. The Bertz CT molecular complexity index is 1250. The number of aromatic nitrogens is 2. The Balaban J connectivity index is 1.56. The summed E-state index contributed by atoms with van der Waals surface area (Å²) in [4.78, 5) is 11.1. The number of furan rings is 1. The molecule has 32 heavy (non-hydrogen) atoms. The Hall–Kier alpha value is -2.93. The number of rotatable bonds is 5. The number of hydrogen-bond donors (Lipinski definition) is 1. The molecule has 1 N–H and O–H groups in total. The number of hydrogen-bond acceptors (Lipinski definition) is 4. The van der Waals surface area contributed by atoms with Crippen molar-refractivity contribution in [3.63, 3.8) is 0 Å². The van der Waals surface area contributed by atoms with Crippen LogP contribution in [0.3, 0.4) is 0 Å². The summed E-state index contributed by atoms with van der Waals surface area (Å²) >= 11 is 18.3. The van der Waals surface area contributed by atoms with Crippen molar-refractivity contribution < 1.29 is 4.42 Å². The van der Waals surface area contributed by atoms with Crippen molar-refractivity contribution in [2.24, 2.45) is 0 Å². The third kappa shape index (κ3) is 3.97. The van der Waals surface area contributed by atoms with E-state index in [0.717, 1.165) is 22.7 Å². The monoisotopic (exact) mass is 480 g/mol. The molecular formula is C24H18Cl2N4OS. The summed E-state index contributed by atoms with van der Waals surface area (Å²) in [6.45, 7) is 0.536. The molecule has 0 amide bonds. The van der Waals surface area contributed by atoms with Crippen LogP contribution in [0.4, 0.5) is 0 Å². The number of thiocarbonyl (C=S) groups is 1. The lowest BCUT2D eigenvalue weighted by Gasteiger charge is -2.25. The molecule has 2 atom stereocenters. The van der Waals surface area contributed by atoms with Crippen LogP contribution in [0.1, 0.15) is 29.2 Å². The lowest BCUT2D eigenvalue weighted by Crippen LogP contribution is -2.29. The van der Waals surface area contributed by atoms with E-state index in [1.807, 2.05) is 60.7 Å². The SMILES string of the molecule is S=C1N[C@@H](c2ccccn2)[C@@H](c2ccc(-c3cccc(Cl)c3Cl)o2)N1Cc1ccccn1. The summed E-state index contributed by atoms with van der Waals surface area (Å²) < 4.78 is 6.32. The third-order valence-corrected chi connectivity index (χ3v) is 6.56. The standard InChI is InChI=1S/C24H18Cl2N4OS/c25-17-8-5-7-16(21(17)26)19-10-11-20(31-19)23-22(18-9-2-4-13-28-18)29-24(32)30(23)14-15-6-1-3-12-27-15/h1-13,22-23H,14H2,(H,29,32)/t22-,23+/m0/s1. The Kier molecular flexibility index (Phi) is 5.83. The van der Waals surface area contributed by atoms with Gasteiger partial charge in [0.2, 0.25) is 0 Å². The van der Waals surface area contributed by atoms with Gasteiger partial charge in [-0.15, -0.1) is 0 Å². The van der Waals surface area contributed by atoms with Crippen LogP contribution in [0.25, 0.3) is 11.3 Å². The van der Waals surface area contributed by atoms with Gasteiger partial charge in [-0.2, -0.15) is 0 Å². The molecule has 0 unspecified atom stereocenters. The van der Waals surface area contributed by atoms with Gasteiger partial charge in [-0.25, -0.2) is 0 Å². The van der Waals surface area contributed by atoms with Crippen molar-refractivity contribution >= 4 is 40.5 Å². The normalized spacial score (nSPS) is 18.1. The zero-order chi connectivity index (χ0) is 22.1. The van der Waals surface area contributed by atoms with E-state index in [9.17, 15) is 0 Å². The minimum Gasteiger partial charge on any atom is -0.459 e. The first-order valence-corrected chi connectivity index (χ1v) is 11.2. The Morgan fingerprint density at radius 1 is 0.938 bits per heavy atom. The van der Waals surface area contributed by atoms with Gasteiger partial charge in [-0.3, -0.25) is 9.97 Å². The predicted molar refractivity (Wildman–Crippen MR) is 129 cm³/mol. The highest BCUT2D eigenvalue weighted by Crippen LogP contribution is 2.42. The van der Waals surface area contributed by atoms with E-state index in [-0.39, 0.29) is 12.1 Å². The fraction of sp³-hybridized carbons (Fsp3) is 0.125. The molecule has 0 bridgehead atoms. The van der Waals surface area contributed by atoms with Gasteiger partial charge in [-0.05, 0) is 60.7 Å². The first-order chi connectivity index (χ1) is 15.6. The maximum atomic E-state index is 6.43. The summed E-state index contributed by atoms with van der Waals surface area (Å²) in [5, 5.41) is 4.98. The van der Waals surface area contributed by atoms with Gasteiger partial charge in [0.05, 0.1) is 34.0 Å². The smallest absolute Gasteiger partial charge is 0.170 e. The van der Waals surface area contributed by atoms with Gasteiger partial charge in [-0.1, -0.05) is 41.4 Å². The molecule has 0 aliphatic carbocycles. The Labute approximate surface area is 201 Å². The van der Waals surface area contributed by atoms with Gasteiger partial charge < -0.3 is 14.6 Å². The molecule has 0 spiro atoms. The minimum atomic E-state index is -0.217. The topological polar surface area (TPSA) is 54.2 Å². The second-order valence-electron chi connectivity index (χ2n) is 7.38. The largest absolute Gasteiger partial charge is 0.459 e. The van der Waals surface area contributed by atoms with Crippen molar-refractivity contribution in [1.29, 1.82) is 0 Å². The van der Waals surface area contributed by atoms with Crippen molar-refractivity contribution in [3.8, 4) is 11.3 Å². The lowest BCUT2D eigenvalue weighted by molar-refractivity contribution is 0.267. The van der Waals surface area contributed by atoms with Crippen molar-refractivity contribution in [3.05, 3.63) is 106 Å². The van der Waals surface area contributed by atoms with E-state index in [1.54, 1.807) is 18.5 Å². The van der Waals surface area contributed by atoms with Crippen molar-refractivity contribution in [1.82, 2.24) is 20.2 Å². The van der Waals surface area contributed by atoms with E-state index in [2.05, 4.69) is 20.2 Å². The zero-order valence-corrected chi connectivity index (χ0v) is 19.1. The zero-order valence-electron chi connectivity index (χ0n) is 16.8. The predicted octanol–water partition coefficient (Wildman–Crippen LogP) is 6.22. The van der Waals surface area contributed by atoms with Gasteiger partial charge in [0.1, 0.15) is 17.6 Å². The van der Waals surface area contributed by atoms with E-state index in [1.165, 1.54) is 0 Å². The number of pyridine rings is 2. The second kappa shape index (κ2) is 8.90. The lowest BCUT2D eigenvalue weighted by atomic mass is 10.0. The number of nitrogens with zero attached hydrogens (tertiary/aromatic N) is 3. The summed E-state index contributed by atoms with van der Waals surface area (Å²) in [6, 6.07) is 20.6. The number of halogens is 2. The fourth-order valence-corrected chi connectivity index (χ4v) is 4.60. The molecular weight excluding hydrogens is 463 g/mol. The van der Waals surface area contributed by atoms with Crippen LogP contribution in [-0.4, -0.2) is 20.0 Å². The Morgan fingerprint density at radius 3 is 2.50 bits per heavy atom. The molecule has 1 saturated heterocycles. The van der Waals surface area contributed by atoms with Crippen LogP contribution in [0.2, 0.25) is 10.0 Å². The molecule has 3 aromatic heterocycles.